The van der Waals surface area contributed by atoms with Crippen LogP contribution in [0.2, 0.25) is 0 Å². The minimum atomic E-state index is -4.76. The van der Waals surface area contributed by atoms with Gasteiger partial charge < -0.3 is 21.1 Å². The lowest BCUT2D eigenvalue weighted by Crippen LogP contribution is -2.24. The fourth-order valence-corrected chi connectivity index (χ4v) is 2.83. The molecule has 2 aromatic rings. The average Bonchev–Trinajstić information content (AvgIpc) is 2.72. The van der Waals surface area contributed by atoms with Crippen LogP contribution >= 0.6 is 0 Å². The molecule has 0 radical (unpaired) electrons. The highest BCUT2D eigenvalue weighted by atomic mass is 19.4. The lowest BCUT2D eigenvalue weighted by Gasteiger charge is -2.09. The van der Waals surface area contributed by atoms with E-state index in [0.29, 0.717) is 24.3 Å². The number of anilines is 1. The first-order chi connectivity index (χ1) is 14.7. The maximum absolute atomic E-state index is 12.1. The topological polar surface area (TPSA) is 93.5 Å². The summed E-state index contributed by atoms with van der Waals surface area (Å²) in [6.45, 7) is 1.07. The third kappa shape index (κ3) is 9.41. The standard InChI is InChI=1S/C22H26F3N3O3/c23-22(24,25)31-19-12-8-17(9-13-19)21(30)28-15-5-3-1-2-4-14-27-20(29)16-6-10-18(26)11-7-16/h6-13H,1-5,14-15,26H2,(H,27,29)(H,28,30). The number of benzene rings is 2. The van der Waals surface area contributed by atoms with Gasteiger partial charge in [-0.2, -0.15) is 0 Å². The molecule has 0 aliphatic heterocycles. The van der Waals surface area contributed by atoms with Crippen LogP contribution < -0.4 is 21.1 Å². The summed E-state index contributed by atoms with van der Waals surface area (Å²) in [5, 5.41) is 5.60. The molecule has 0 aromatic heterocycles. The number of carbonyl (C=O) groups is 2. The van der Waals surface area contributed by atoms with Gasteiger partial charge in [0.1, 0.15) is 5.75 Å². The predicted molar refractivity (Wildman–Crippen MR) is 112 cm³/mol. The molecule has 9 heteroatoms. The highest BCUT2D eigenvalue weighted by Crippen LogP contribution is 2.22. The number of hydrogen-bond acceptors (Lipinski definition) is 4. The second-order valence-electron chi connectivity index (χ2n) is 6.97. The van der Waals surface area contributed by atoms with Crippen molar-refractivity contribution >= 4 is 17.5 Å². The van der Waals surface area contributed by atoms with Crippen molar-refractivity contribution in [1.29, 1.82) is 0 Å². The van der Waals surface area contributed by atoms with Gasteiger partial charge in [0, 0.05) is 29.9 Å². The normalized spacial score (nSPS) is 11.1. The largest absolute Gasteiger partial charge is 0.573 e. The Labute approximate surface area is 179 Å². The molecular formula is C22H26F3N3O3. The van der Waals surface area contributed by atoms with Gasteiger partial charge in [-0.25, -0.2) is 0 Å². The molecule has 31 heavy (non-hydrogen) atoms. The molecule has 0 saturated heterocycles. The van der Waals surface area contributed by atoms with Crippen LogP contribution in [0.1, 0.15) is 52.8 Å². The van der Waals surface area contributed by atoms with Gasteiger partial charge >= 0.3 is 6.36 Å². The zero-order valence-corrected chi connectivity index (χ0v) is 17.0. The lowest BCUT2D eigenvalue weighted by atomic mass is 10.1. The molecular weight excluding hydrogens is 411 g/mol. The first-order valence-electron chi connectivity index (χ1n) is 10.0. The first-order valence-corrected chi connectivity index (χ1v) is 10.0. The number of ether oxygens (including phenoxy) is 1. The van der Waals surface area contributed by atoms with Gasteiger partial charge in [-0.1, -0.05) is 19.3 Å². The van der Waals surface area contributed by atoms with Crippen LogP contribution in [0.4, 0.5) is 18.9 Å². The van der Waals surface area contributed by atoms with Gasteiger partial charge in [0.05, 0.1) is 0 Å². The van der Waals surface area contributed by atoms with Crippen molar-refractivity contribution in [3.63, 3.8) is 0 Å². The quantitative estimate of drug-likeness (QED) is 0.361. The van der Waals surface area contributed by atoms with E-state index in [1.165, 1.54) is 12.1 Å². The van der Waals surface area contributed by atoms with Crippen molar-refractivity contribution in [2.24, 2.45) is 0 Å². The van der Waals surface area contributed by atoms with Crippen molar-refractivity contribution in [3.8, 4) is 5.75 Å². The maximum atomic E-state index is 12.1. The number of rotatable bonds is 11. The predicted octanol–water partition coefficient (Wildman–Crippen LogP) is 4.28. The molecule has 0 bridgehead atoms. The van der Waals surface area contributed by atoms with E-state index in [1.54, 1.807) is 24.3 Å². The number of alkyl halides is 3. The van der Waals surface area contributed by atoms with E-state index in [4.69, 9.17) is 5.73 Å². The maximum Gasteiger partial charge on any atom is 0.573 e. The molecule has 6 nitrogen and oxygen atoms in total. The van der Waals surface area contributed by atoms with E-state index in [0.717, 1.165) is 44.2 Å². The van der Waals surface area contributed by atoms with Crippen LogP contribution in [0.25, 0.3) is 0 Å². The second-order valence-corrected chi connectivity index (χ2v) is 6.97. The van der Waals surface area contributed by atoms with E-state index >= 15 is 0 Å². The molecule has 168 valence electrons. The molecule has 4 N–H and O–H groups in total. The Bertz CT molecular complexity index is 838. The summed E-state index contributed by atoms with van der Waals surface area (Å²) in [5.41, 5.74) is 7.05. The van der Waals surface area contributed by atoms with Crippen LogP contribution in [-0.4, -0.2) is 31.3 Å². The van der Waals surface area contributed by atoms with Crippen molar-refractivity contribution in [3.05, 3.63) is 59.7 Å². The smallest absolute Gasteiger partial charge is 0.406 e. The lowest BCUT2D eigenvalue weighted by molar-refractivity contribution is -0.274. The number of nitrogens with two attached hydrogens (primary N) is 1. The number of nitrogen functional groups attached to an aromatic ring is 1. The van der Waals surface area contributed by atoms with Crippen LogP contribution in [0.15, 0.2) is 48.5 Å². The zero-order valence-electron chi connectivity index (χ0n) is 17.0. The molecule has 0 spiro atoms. The third-order valence-electron chi connectivity index (χ3n) is 4.45. The van der Waals surface area contributed by atoms with Crippen molar-refractivity contribution in [1.82, 2.24) is 10.6 Å². The first kappa shape index (κ1) is 24.0. The zero-order chi connectivity index (χ0) is 22.7. The van der Waals surface area contributed by atoms with Gasteiger partial charge in [0.25, 0.3) is 11.8 Å². The monoisotopic (exact) mass is 437 g/mol. The van der Waals surface area contributed by atoms with Crippen LogP contribution in [0.3, 0.4) is 0 Å². The minimum Gasteiger partial charge on any atom is -0.406 e. The van der Waals surface area contributed by atoms with Gasteiger partial charge in [-0.05, 0) is 61.4 Å². The van der Waals surface area contributed by atoms with Gasteiger partial charge in [-0.3, -0.25) is 9.59 Å². The fourth-order valence-electron chi connectivity index (χ4n) is 2.83. The third-order valence-corrected chi connectivity index (χ3v) is 4.45. The molecule has 2 aromatic carbocycles. The van der Waals surface area contributed by atoms with E-state index in [2.05, 4.69) is 15.4 Å². The summed E-state index contributed by atoms with van der Waals surface area (Å²) in [6, 6.07) is 11.5. The molecule has 0 heterocycles. The number of carbonyl (C=O) groups excluding carboxylic acids is 2. The summed E-state index contributed by atoms with van der Waals surface area (Å²) in [5.74, 6) is -0.835. The number of nitrogens with one attached hydrogen (secondary N) is 2. The van der Waals surface area contributed by atoms with Crippen molar-refractivity contribution in [2.75, 3.05) is 18.8 Å². The highest BCUT2D eigenvalue weighted by Gasteiger charge is 2.31. The molecule has 0 atom stereocenters. The number of amides is 2. The summed E-state index contributed by atoms with van der Waals surface area (Å²) in [4.78, 5) is 23.9. The summed E-state index contributed by atoms with van der Waals surface area (Å²) in [7, 11) is 0. The van der Waals surface area contributed by atoms with Gasteiger partial charge in [0.2, 0.25) is 0 Å². The van der Waals surface area contributed by atoms with E-state index < -0.39 is 6.36 Å². The van der Waals surface area contributed by atoms with Gasteiger partial charge in [-0.15, -0.1) is 13.2 Å². The second kappa shape index (κ2) is 11.8. The molecule has 0 aliphatic rings. The molecule has 0 aliphatic carbocycles. The Morgan fingerprint density at radius 1 is 0.742 bits per heavy atom. The SMILES string of the molecule is Nc1ccc(C(=O)NCCCCCCCNC(=O)c2ccc(OC(F)(F)F)cc2)cc1. The number of halogens is 3. The van der Waals surface area contributed by atoms with Gasteiger partial charge in [0.15, 0.2) is 0 Å². The van der Waals surface area contributed by atoms with Crippen LogP contribution in [-0.2, 0) is 0 Å². The summed E-state index contributed by atoms with van der Waals surface area (Å²) in [6.07, 6.45) is -0.261. The Kier molecular flexibility index (Phi) is 9.17. The number of hydrogen-bond donors (Lipinski definition) is 3. The van der Waals surface area contributed by atoms with E-state index in [-0.39, 0.29) is 23.1 Å². The van der Waals surface area contributed by atoms with Crippen molar-refractivity contribution in [2.45, 2.75) is 38.5 Å². The Hall–Kier alpha value is -3.23. The van der Waals surface area contributed by atoms with Crippen LogP contribution in [0, 0.1) is 0 Å². The Balaban J connectivity index is 1.51. The summed E-state index contributed by atoms with van der Waals surface area (Å²) >= 11 is 0. The molecule has 2 amide bonds. The molecule has 2 rings (SSSR count). The number of unbranched alkanes of at least 4 members (excludes halogenated alkanes) is 4. The molecule has 0 saturated carbocycles. The Morgan fingerprint density at radius 2 is 1.16 bits per heavy atom. The molecule has 0 fully saturated rings. The highest BCUT2D eigenvalue weighted by molar-refractivity contribution is 5.94. The summed E-state index contributed by atoms with van der Waals surface area (Å²) < 4.78 is 40.2. The average molecular weight is 437 g/mol. The Morgan fingerprint density at radius 3 is 1.61 bits per heavy atom. The van der Waals surface area contributed by atoms with E-state index in [1.807, 2.05) is 0 Å². The fraction of sp³-hybridized carbons (Fsp3) is 0.364. The van der Waals surface area contributed by atoms with E-state index in [9.17, 15) is 22.8 Å². The molecule has 0 unspecified atom stereocenters. The van der Waals surface area contributed by atoms with Crippen LogP contribution in [0.5, 0.6) is 5.75 Å². The van der Waals surface area contributed by atoms with Crippen molar-refractivity contribution < 1.29 is 27.5 Å². The minimum absolute atomic E-state index is 0.124.